The molecule has 0 saturated carbocycles. The minimum absolute atomic E-state index is 0.305. The largest absolute Gasteiger partial charge is 0.497 e. The number of anilines is 1. The normalized spacial score (nSPS) is 12.3. The summed E-state index contributed by atoms with van der Waals surface area (Å²) in [7, 11) is 1.56. The van der Waals surface area contributed by atoms with Crippen LogP contribution < -0.4 is 15.4 Å². The first-order valence-corrected chi connectivity index (χ1v) is 9.74. The lowest BCUT2D eigenvalue weighted by atomic mass is 10.0. The maximum atomic E-state index is 13.0. The molecule has 7 nitrogen and oxygen atoms in total. The van der Waals surface area contributed by atoms with E-state index in [4.69, 9.17) is 9.47 Å². The molecule has 2 aromatic carbocycles. The highest BCUT2D eigenvalue weighted by atomic mass is 16.6. The third-order valence-corrected chi connectivity index (χ3v) is 4.44. The number of ether oxygens (including phenoxy) is 2. The maximum absolute atomic E-state index is 13.0. The third kappa shape index (κ3) is 5.53. The highest BCUT2D eigenvalue weighted by Crippen LogP contribution is 2.21. The topological polar surface area (TPSA) is 92.5 Å². The number of amides is 2. The van der Waals surface area contributed by atoms with E-state index in [0.29, 0.717) is 17.9 Å². The van der Waals surface area contributed by atoms with E-state index in [0.717, 1.165) is 16.5 Å². The fraction of sp³-hybridized carbons (Fsp3) is 0.304. The number of rotatable bonds is 6. The van der Waals surface area contributed by atoms with Gasteiger partial charge in [0.25, 0.3) is 0 Å². The Labute approximate surface area is 175 Å². The average molecular weight is 409 g/mol. The smallest absolute Gasteiger partial charge is 0.408 e. The molecule has 30 heavy (non-hydrogen) atoms. The molecular weight excluding hydrogens is 382 g/mol. The van der Waals surface area contributed by atoms with E-state index in [2.05, 4.69) is 15.6 Å². The molecule has 0 saturated heterocycles. The molecule has 0 radical (unpaired) electrons. The van der Waals surface area contributed by atoms with E-state index in [1.54, 1.807) is 52.1 Å². The van der Waals surface area contributed by atoms with Gasteiger partial charge in [-0.2, -0.15) is 0 Å². The first kappa shape index (κ1) is 21.2. The predicted octanol–water partition coefficient (Wildman–Crippen LogP) is 4.25. The number of hydrogen-bond acceptors (Lipinski definition) is 4. The lowest BCUT2D eigenvalue weighted by Crippen LogP contribution is -2.47. The van der Waals surface area contributed by atoms with Gasteiger partial charge < -0.3 is 25.1 Å². The number of benzene rings is 2. The molecule has 3 N–H and O–H groups in total. The summed E-state index contributed by atoms with van der Waals surface area (Å²) >= 11 is 0. The lowest BCUT2D eigenvalue weighted by molar-refractivity contribution is -0.118. The van der Waals surface area contributed by atoms with Gasteiger partial charge in [0.1, 0.15) is 17.4 Å². The van der Waals surface area contributed by atoms with Crippen molar-refractivity contribution in [2.24, 2.45) is 0 Å². The average Bonchev–Trinajstić information content (AvgIpc) is 3.09. The second-order valence-electron chi connectivity index (χ2n) is 7.98. The van der Waals surface area contributed by atoms with Crippen LogP contribution in [0.5, 0.6) is 5.75 Å². The number of fused-ring (bicyclic) bond motifs is 1. The van der Waals surface area contributed by atoms with Crippen LogP contribution in [0.3, 0.4) is 0 Å². The van der Waals surface area contributed by atoms with Crippen LogP contribution in [0.25, 0.3) is 10.9 Å². The quantitative estimate of drug-likeness (QED) is 0.567. The molecule has 1 heterocycles. The number of aromatic nitrogens is 1. The van der Waals surface area contributed by atoms with Gasteiger partial charge in [0.15, 0.2) is 0 Å². The molecule has 0 unspecified atom stereocenters. The van der Waals surface area contributed by atoms with Crippen molar-refractivity contribution >= 4 is 28.6 Å². The number of nitrogens with one attached hydrogen (secondary N) is 3. The molecule has 0 bridgehead atoms. The molecule has 3 rings (SSSR count). The summed E-state index contributed by atoms with van der Waals surface area (Å²) in [5.74, 6) is 0.278. The summed E-state index contributed by atoms with van der Waals surface area (Å²) in [6, 6.07) is 14.0. The summed E-state index contributed by atoms with van der Waals surface area (Å²) in [6.45, 7) is 5.33. The van der Waals surface area contributed by atoms with Gasteiger partial charge >= 0.3 is 6.09 Å². The van der Waals surface area contributed by atoms with Crippen molar-refractivity contribution < 1.29 is 19.1 Å². The summed E-state index contributed by atoms with van der Waals surface area (Å²) in [5, 5.41) is 6.56. The van der Waals surface area contributed by atoms with Crippen molar-refractivity contribution in [2.75, 3.05) is 12.4 Å². The minimum atomic E-state index is -0.828. The second kappa shape index (κ2) is 8.90. The van der Waals surface area contributed by atoms with E-state index in [1.807, 2.05) is 30.5 Å². The summed E-state index contributed by atoms with van der Waals surface area (Å²) < 4.78 is 10.6. The molecule has 2 amide bonds. The number of para-hydroxylation sites is 1. The number of hydrogen-bond donors (Lipinski definition) is 3. The molecule has 0 spiro atoms. The third-order valence-electron chi connectivity index (χ3n) is 4.44. The van der Waals surface area contributed by atoms with Gasteiger partial charge in [-0.1, -0.05) is 24.3 Å². The zero-order valence-corrected chi connectivity index (χ0v) is 17.6. The maximum Gasteiger partial charge on any atom is 0.408 e. The zero-order chi connectivity index (χ0) is 21.7. The van der Waals surface area contributed by atoms with Gasteiger partial charge in [-0.25, -0.2) is 4.79 Å². The van der Waals surface area contributed by atoms with Gasteiger partial charge in [-0.05, 0) is 44.5 Å². The van der Waals surface area contributed by atoms with Gasteiger partial charge in [-0.3, -0.25) is 4.79 Å². The standard InChI is InChI=1S/C23H27N3O4/c1-23(2,3)30-22(28)26-20(12-15-14-24-19-11-6-5-10-18(15)19)21(27)25-16-8-7-9-17(13-16)29-4/h5-11,13-14,20,24H,12H2,1-4H3,(H,25,27)(H,26,28)/t20-/m1/s1. The van der Waals surface area contributed by atoms with Crippen molar-refractivity contribution in [1.82, 2.24) is 10.3 Å². The first-order valence-electron chi connectivity index (χ1n) is 9.74. The van der Waals surface area contributed by atoms with Gasteiger partial charge in [0, 0.05) is 35.3 Å². The molecule has 0 aliphatic rings. The minimum Gasteiger partial charge on any atom is -0.497 e. The Kier molecular flexibility index (Phi) is 6.30. The predicted molar refractivity (Wildman–Crippen MR) is 117 cm³/mol. The van der Waals surface area contributed by atoms with Crippen LogP contribution in [0.15, 0.2) is 54.7 Å². The lowest BCUT2D eigenvalue weighted by Gasteiger charge is -2.23. The number of methoxy groups -OCH3 is 1. The van der Waals surface area contributed by atoms with Crippen LogP contribution in [0.4, 0.5) is 10.5 Å². The Hall–Kier alpha value is -3.48. The number of aromatic amines is 1. The van der Waals surface area contributed by atoms with Crippen molar-refractivity contribution in [2.45, 2.75) is 38.8 Å². The molecular formula is C23H27N3O4. The van der Waals surface area contributed by atoms with Crippen LogP contribution in [-0.4, -0.2) is 35.7 Å². The van der Waals surface area contributed by atoms with Crippen molar-refractivity contribution in [3.8, 4) is 5.75 Å². The van der Waals surface area contributed by atoms with Crippen molar-refractivity contribution in [3.63, 3.8) is 0 Å². The monoisotopic (exact) mass is 409 g/mol. The zero-order valence-electron chi connectivity index (χ0n) is 17.6. The van der Waals surface area contributed by atoms with Crippen LogP contribution in [-0.2, 0) is 16.0 Å². The summed E-state index contributed by atoms with van der Waals surface area (Å²) in [4.78, 5) is 28.6. The Morgan fingerprint density at radius 1 is 1.10 bits per heavy atom. The van der Waals surface area contributed by atoms with Crippen LogP contribution in [0.2, 0.25) is 0 Å². The van der Waals surface area contributed by atoms with E-state index in [1.165, 1.54) is 0 Å². The summed E-state index contributed by atoms with van der Waals surface area (Å²) in [5.41, 5.74) is 1.80. The van der Waals surface area contributed by atoms with E-state index in [9.17, 15) is 9.59 Å². The summed E-state index contributed by atoms with van der Waals surface area (Å²) in [6.07, 6.45) is 1.51. The molecule has 3 aromatic rings. The second-order valence-corrected chi connectivity index (χ2v) is 7.98. The SMILES string of the molecule is COc1cccc(NC(=O)[C@@H](Cc2c[nH]c3ccccc23)NC(=O)OC(C)(C)C)c1. The Morgan fingerprint density at radius 3 is 2.60 bits per heavy atom. The number of carbonyl (C=O) groups is 2. The van der Waals surface area contributed by atoms with Gasteiger partial charge in [0.05, 0.1) is 7.11 Å². The fourth-order valence-corrected chi connectivity index (χ4v) is 3.11. The highest BCUT2D eigenvalue weighted by molar-refractivity contribution is 5.97. The molecule has 0 aliphatic carbocycles. The Morgan fingerprint density at radius 2 is 1.87 bits per heavy atom. The Balaban J connectivity index is 1.82. The molecule has 7 heteroatoms. The first-order chi connectivity index (χ1) is 14.2. The number of H-pyrrole nitrogens is 1. The number of alkyl carbamates (subject to hydrolysis) is 1. The van der Waals surface area contributed by atoms with Crippen LogP contribution in [0.1, 0.15) is 26.3 Å². The van der Waals surface area contributed by atoms with E-state index >= 15 is 0 Å². The molecule has 0 aliphatic heterocycles. The van der Waals surface area contributed by atoms with Crippen LogP contribution in [0, 0.1) is 0 Å². The van der Waals surface area contributed by atoms with Crippen molar-refractivity contribution in [1.29, 1.82) is 0 Å². The van der Waals surface area contributed by atoms with E-state index < -0.39 is 17.7 Å². The molecule has 1 aromatic heterocycles. The molecule has 0 fully saturated rings. The van der Waals surface area contributed by atoms with Crippen LogP contribution >= 0.6 is 0 Å². The van der Waals surface area contributed by atoms with E-state index in [-0.39, 0.29) is 5.91 Å². The van der Waals surface area contributed by atoms with Gasteiger partial charge in [-0.15, -0.1) is 0 Å². The van der Waals surface area contributed by atoms with Gasteiger partial charge in [0.2, 0.25) is 5.91 Å². The molecule has 158 valence electrons. The van der Waals surface area contributed by atoms with Crippen molar-refractivity contribution in [3.05, 3.63) is 60.3 Å². The molecule has 1 atom stereocenters. The highest BCUT2D eigenvalue weighted by Gasteiger charge is 2.26. The number of carbonyl (C=O) groups excluding carboxylic acids is 2. The Bertz CT molecular complexity index is 1040. The fourth-order valence-electron chi connectivity index (χ4n) is 3.11.